The van der Waals surface area contributed by atoms with Crippen LogP contribution in [0.3, 0.4) is 0 Å². The Labute approximate surface area is 90.3 Å². The first kappa shape index (κ1) is 9.92. The number of nitrogens with zero attached hydrogens (tertiary/aromatic N) is 3. The van der Waals surface area contributed by atoms with Crippen LogP contribution in [0, 0.1) is 0 Å². The van der Waals surface area contributed by atoms with E-state index in [1.54, 1.807) is 19.3 Å². The molecule has 0 N–H and O–H groups in total. The summed E-state index contributed by atoms with van der Waals surface area (Å²) >= 11 is 5.77. The quantitative estimate of drug-likeness (QED) is 0.680. The van der Waals surface area contributed by atoms with Gasteiger partial charge in [0.2, 0.25) is 5.88 Å². The van der Waals surface area contributed by atoms with E-state index in [1.807, 2.05) is 0 Å². The highest BCUT2D eigenvalue weighted by molar-refractivity contribution is 6.30. The van der Waals surface area contributed by atoms with Gasteiger partial charge in [0.05, 0.1) is 13.3 Å². The maximum absolute atomic E-state index is 11.8. The molecule has 0 saturated carbocycles. The van der Waals surface area contributed by atoms with Gasteiger partial charge in [-0.3, -0.25) is 4.79 Å². The average Bonchev–Trinajstić information content (AvgIpc) is 2.22. The second-order valence-electron chi connectivity index (χ2n) is 2.99. The van der Waals surface area contributed by atoms with Crippen molar-refractivity contribution in [1.29, 1.82) is 0 Å². The lowest BCUT2D eigenvalue weighted by atomic mass is 10.2. The normalized spacial score (nSPS) is 10.6. The third kappa shape index (κ3) is 1.55. The molecule has 0 aliphatic rings. The minimum absolute atomic E-state index is 0.223. The van der Waals surface area contributed by atoms with Crippen LogP contribution in [0.2, 0.25) is 5.15 Å². The van der Waals surface area contributed by atoms with Crippen LogP contribution in [0.15, 0.2) is 17.1 Å². The van der Waals surface area contributed by atoms with Crippen LogP contribution in [-0.4, -0.2) is 21.9 Å². The van der Waals surface area contributed by atoms with Gasteiger partial charge in [-0.15, -0.1) is 0 Å². The van der Waals surface area contributed by atoms with E-state index in [9.17, 15) is 4.79 Å². The molecule has 0 amide bonds. The van der Waals surface area contributed by atoms with E-state index < -0.39 is 0 Å². The largest absolute Gasteiger partial charge is 0.480 e. The number of hydrogen-bond acceptors (Lipinski definition) is 4. The lowest BCUT2D eigenvalue weighted by Crippen LogP contribution is -2.19. The molecule has 0 aliphatic carbocycles. The van der Waals surface area contributed by atoms with Crippen molar-refractivity contribution in [2.24, 2.45) is 7.05 Å². The topological polar surface area (TPSA) is 57.0 Å². The molecule has 0 aliphatic heterocycles. The SMILES string of the molecule is COc1nc(Cl)cc2cnn(C)c(=O)c12. The zero-order chi connectivity index (χ0) is 11.0. The molecule has 0 radical (unpaired) electrons. The predicted octanol–water partition coefficient (Wildman–Crippen LogP) is 0.990. The molecule has 0 bridgehead atoms. The van der Waals surface area contributed by atoms with Gasteiger partial charge >= 0.3 is 0 Å². The Bertz CT molecular complexity index is 579. The molecule has 0 unspecified atom stereocenters. The van der Waals surface area contributed by atoms with Gasteiger partial charge in [0.15, 0.2) is 0 Å². The van der Waals surface area contributed by atoms with Crippen molar-refractivity contribution in [3.05, 3.63) is 27.8 Å². The van der Waals surface area contributed by atoms with Crippen molar-refractivity contribution in [2.45, 2.75) is 0 Å². The smallest absolute Gasteiger partial charge is 0.279 e. The number of aromatic nitrogens is 3. The average molecular weight is 226 g/mol. The number of hydrogen-bond donors (Lipinski definition) is 0. The molecule has 0 aromatic carbocycles. The van der Waals surface area contributed by atoms with Gasteiger partial charge in [0.25, 0.3) is 5.56 Å². The Balaban J connectivity index is 2.98. The van der Waals surface area contributed by atoms with E-state index in [0.717, 1.165) is 0 Å². The highest BCUT2D eigenvalue weighted by atomic mass is 35.5. The van der Waals surface area contributed by atoms with Crippen LogP contribution >= 0.6 is 11.6 Å². The molecule has 6 heteroatoms. The van der Waals surface area contributed by atoms with Crippen molar-refractivity contribution >= 4 is 22.4 Å². The number of pyridine rings is 1. The molecular formula is C9H8ClN3O2. The summed E-state index contributed by atoms with van der Waals surface area (Å²) in [5, 5.41) is 5.17. The van der Waals surface area contributed by atoms with Gasteiger partial charge in [-0.2, -0.15) is 5.10 Å². The highest BCUT2D eigenvalue weighted by Crippen LogP contribution is 2.22. The Morgan fingerprint density at radius 1 is 1.53 bits per heavy atom. The molecule has 2 rings (SSSR count). The van der Waals surface area contributed by atoms with E-state index >= 15 is 0 Å². The van der Waals surface area contributed by atoms with E-state index in [2.05, 4.69) is 10.1 Å². The van der Waals surface area contributed by atoms with Crippen LogP contribution in [0.4, 0.5) is 0 Å². The van der Waals surface area contributed by atoms with Crippen molar-refractivity contribution in [2.75, 3.05) is 7.11 Å². The number of fused-ring (bicyclic) bond motifs is 1. The van der Waals surface area contributed by atoms with Crippen LogP contribution < -0.4 is 10.3 Å². The van der Waals surface area contributed by atoms with Crippen LogP contribution in [0.25, 0.3) is 10.8 Å². The maximum atomic E-state index is 11.8. The molecule has 5 nitrogen and oxygen atoms in total. The number of aryl methyl sites for hydroxylation is 1. The van der Waals surface area contributed by atoms with Gasteiger partial charge < -0.3 is 4.74 Å². The zero-order valence-electron chi connectivity index (χ0n) is 8.19. The first-order valence-electron chi connectivity index (χ1n) is 4.20. The predicted molar refractivity (Wildman–Crippen MR) is 56.3 cm³/mol. The van der Waals surface area contributed by atoms with Crippen LogP contribution in [-0.2, 0) is 7.05 Å². The summed E-state index contributed by atoms with van der Waals surface area (Å²) in [6.07, 6.45) is 1.55. The standard InChI is InChI=1S/C9H8ClN3O2/c1-13-9(14)7-5(4-11-13)3-6(10)12-8(7)15-2/h3-4H,1-2H3. The summed E-state index contributed by atoms with van der Waals surface area (Å²) in [4.78, 5) is 15.7. The van der Waals surface area contributed by atoms with E-state index in [-0.39, 0.29) is 16.6 Å². The molecule has 2 heterocycles. The second kappa shape index (κ2) is 3.51. The van der Waals surface area contributed by atoms with Crippen molar-refractivity contribution in [3.63, 3.8) is 0 Å². The number of methoxy groups -OCH3 is 1. The number of halogens is 1. The lowest BCUT2D eigenvalue weighted by molar-refractivity contribution is 0.402. The third-order valence-electron chi connectivity index (χ3n) is 2.06. The molecule has 0 saturated heterocycles. The van der Waals surface area contributed by atoms with Gasteiger partial charge in [0, 0.05) is 12.4 Å². The van der Waals surface area contributed by atoms with Crippen LogP contribution in [0.5, 0.6) is 5.88 Å². The first-order chi connectivity index (χ1) is 7.13. The summed E-state index contributed by atoms with van der Waals surface area (Å²) in [6, 6.07) is 1.58. The monoisotopic (exact) mass is 225 g/mol. The zero-order valence-corrected chi connectivity index (χ0v) is 8.95. The van der Waals surface area contributed by atoms with Crippen LogP contribution in [0.1, 0.15) is 0 Å². The Morgan fingerprint density at radius 3 is 2.93 bits per heavy atom. The fourth-order valence-corrected chi connectivity index (χ4v) is 1.53. The van der Waals surface area contributed by atoms with Gasteiger partial charge in [-0.05, 0) is 6.07 Å². The Morgan fingerprint density at radius 2 is 2.27 bits per heavy atom. The van der Waals surface area contributed by atoms with Crippen molar-refractivity contribution in [3.8, 4) is 5.88 Å². The molecule has 78 valence electrons. The number of ether oxygens (including phenoxy) is 1. The molecular weight excluding hydrogens is 218 g/mol. The minimum Gasteiger partial charge on any atom is -0.480 e. The molecule has 0 fully saturated rings. The Kier molecular flexibility index (Phi) is 2.32. The Hall–Kier alpha value is -1.62. The third-order valence-corrected chi connectivity index (χ3v) is 2.25. The lowest BCUT2D eigenvalue weighted by Gasteiger charge is -2.05. The van der Waals surface area contributed by atoms with Crippen molar-refractivity contribution in [1.82, 2.24) is 14.8 Å². The minimum atomic E-state index is -0.256. The fourth-order valence-electron chi connectivity index (χ4n) is 1.34. The van der Waals surface area contributed by atoms with E-state index in [4.69, 9.17) is 16.3 Å². The molecule has 15 heavy (non-hydrogen) atoms. The molecule has 2 aromatic rings. The van der Waals surface area contributed by atoms with E-state index in [1.165, 1.54) is 11.8 Å². The second-order valence-corrected chi connectivity index (χ2v) is 3.38. The van der Waals surface area contributed by atoms with Gasteiger partial charge in [0.1, 0.15) is 10.5 Å². The summed E-state index contributed by atoms with van der Waals surface area (Å²) in [7, 11) is 3.01. The number of rotatable bonds is 1. The molecule has 0 atom stereocenters. The summed E-state index contributed by atoms with van der Waals surface area (Å²) in [5.41, 5.74) is -0.256. The summed E-state index contributed by atoms with van der Waals surface area (Å²) in [5.74, 6) is 0.223. The fraction of sp³-hybridized carbons (Fsp3) is 0.222. The first-order valence-corrected chi connectivity index (χ1v) is 4.58. The molecule has 2 aromatic heterocycles. The van der Waals surface area contributed by atoms with Crippen molar-refractivity contribution < 1.29 is 4.74 Å². The van der Waals surface area contributed by atoms with E-state index in [0.29, 0.717) is 10.8 Å². The summed E-state index contributed by atoms with van der Waals surface area (Å²) in [6.45, 7) is 0. The van der Waals surface area contributed by atoms with Gasteiger partial charge in [-0.25, -0.2) is 9.67 Å². The summed E-state index contributed by atoms with van der Waals surface area (Å²) < 4.78 is 6.23. The maximum Gasteiger partial charge on any atom is 0.279 e. The highest BCUT2D eigenvalue weighted by Gasteiger charge is 2.10. The molecule has 0 spiro atoms. The van der Waals surface area contributed by atoms with Gasteiger partial charge in [-0.1, -0.05) is 11.6 Å².